The van der Waals surface area contributed by atoms with Crippen molar-refractivity contribution in [3.8, 4) is 5.69 Å². The van der Waals surface area contributed by atoms with Crippen LogP contribution in [0.2, 0.25) is 0 Å². The summed E-state index contributed by atoms with van der Waals surface area (Å²) in [6.45, 7) is 11.9. The van der Waals surface area contributed by atoms with Gasteiger partial charge in [-0.1, -0.05) is 31.4 Å². The Morgan fingerprint density at radius 2 is 1.72 bits per heavy atom. The highest BCUT2D eigenvalue weighted by Gasteiger charge is 2.23. The van der Waals surface area contributed by atoms with Gasteiger partial charge in [0.05, 0.1) is 12.2 Å². The fourth-order valence-electron chi connectivity index (χ4n) is 3.20. The van der Waals surface area contributed by atoms with E-state index in [0.29, 0.717) is 0 Å². The summed E-state index contributed by atoms with van der Waals surface area (Å²) in [5.74, 6) is 0.982. The van der Waals surface area contributed by atoms with E-state index in [2.05, 4.69) is 53.4 Å². The summed E-state index contributed by atoms with van der Waals surface area (Å²) in [7, 11) is 2.01. The predicted octanol–water partition coefficient (Wildman–Crippen LogP) is 3.46. The molecule has 5 heteroatoms. The van der Waals surface area contributed by atoms with Gasteiger partial charge in [0.2, 0.25) is 0 Å². The average molecular weight is 331 g/mol. The van der Waals surface area contributed by atoms with Crippen molar-refractivity contribution >= 4 is 11.0 Å². The monoisotopic (exact) mass is 331 g/mol. The molecule has 1 aliphatic rings. The second-order valence-corrected chi connectivity index (χ2v) is 6.55. The van der Waals surface area contributed by atoms with Gasteiger partial charge in [0.1, 0.15) is 16.9 Å². The average Bonchev–Trinajstić information content (AvgIpc) is 3.12. The molecule has 1 saturated heterocycles. The number of hydrogen-bond donors (Lipinski definition) is 0. The van der Waals surface area contributed by atoms with Crippen LogP contribution in [0.4, 0.5) is 0 Å². The van der Waals surface area contributed by atoms with Crippen LogP contribution < -0.4 is 0 Å². The molecule has 0 saturated carbocycles. The topological polar surface area (TPSA) is 37.2 Å². The lowest BCUT2D eigenvalue weighted by Crippen LogP contribution is -2.19. The first-order chi connectivity index (χ1) is 12.0. The number of fused-ring (bicyclic) bond motifs is 1. The zero-order chi connectivity index (χ0) is 17.6. The van der Waals surface area contributed by atoms with Crippen molar-refractivity contribution in [3.05, 3.63) is 78.3 Å². The standard InChI is InChI=1S/C20H21N5/c1-14-9-17(13-24-12-15(2)23(4)16(24)3)11-18(10-14)25-21-19-7-5-6-8-20(19)22-25/h5-11H,2-3,12-13H2,1,4H3. The van der Waals surface area contributed by atoms with Crippen LogP contribution in [-0.2, 0) is 6.54 Å². The summed E-state index contributed by atoms with van der Waals surface area (Å²) < 4.78 is 0. The number of aryl methyl sites for hydroxylation is 1. The highest BCUT2D eigenvalue weighted by Crippen LogP contribution is 2.25. The van der Waals surface area contributed by atoms with E-state index in [9.17, 15) is 0 Å². The molecule has 4 rings (SSSR count). The van der Waals surface area contributed by atoms with E-state index < -0.39 is 0 Å². The predicted molar refractivity (Wildman–Crippen MR) is 100 cm³/mol. The molecule has 2 heterocycles. The fraction of sp³-hybridized carbons (Fsp3) is 0.200. The Balaban J connectivity index is 1.67. The maximum absolute atomic E-state index is 4.59. The third-order valence-electron chi connectivity index (χ3n) is 4.61. The first-order valence-corrected chi connectivity index (χ1v) is 8.29. The van der Waals surface area contributed by atoms with Crippen LogP contribution in [0.3, 0.4) is 0 Å². The van der Waals surface area contributed by atoms with Crippen LogP contribution in [0, 0.1) is 6.92 Å². The first-order valence-electron chi connectivity index (χ1n) is 8.29. The Morgan fingerprint density at radius 1 is 1.04 bits per heavy atom. The normalized spacial score (nSPS) is 14.8. The smallest absolute Gasteiger partial charge is 0.113 e. The van der Waals surface area contributed by atoms with Gasteiger partial charge in [0, 0.05) is 19.3 Å². The lowest BCUT2D eigenvalue weighted by Gasteiger charge is -2.21. The summed E-state index contributed by atoms with van der Waals surface area (Å²) in [4.78, 5) is 5.98. The van der Waals surface area contributed by atoms with Crippen molar-refractivity contribution in [1.82, 2.24) is 24.8 Å². The molecule has 0 aliphatic carbocycles. The summed E-state index contributed by atoms with van der Waals surface area (Å²) >= 11 is 0. The summed E-state index contributed by atoms with van der Waals surface area (Å²) in [6.07, 6.45) is 0. The van der Waals surface area contributed by atoms with Crippen molar-refractivity contribution in [3.63, 3.8) is 0 Å². The minimum Gasteiger partial charge on any atom is -0.348 e. The highest BCUT2D eigenvalue weighted by atomic mass is 15.5. The lowest BCUT2D eigenvalue weighted by molar-refractivity contribution is 0.362. The molecule has 1 aliphatic heterocycles. The molecule has 25 heavy (non-hydrogen) atoms. The first kappa shape index (κ1) is 15.4. The van der Waals surface area contributed by atoms with Gasteiger partial charge in [-0.05, 0) is 42.3 Å². The second-order valence-electron chi connectivity index (χ2n) is 6.55. The lowest BCUT2D eigenvalue weighted by atomic mass is 10.1. The minimum atomic E-state index is 0.789. The molecule has 0 bridgehead atoms. The van der Waals surface area contributed by atoms with Crippen molar-refractivity contribution in [2.75, 3.05) is 13.6 Å². The van der Waals surface area contributed by atoms with Crippen LogP contribution in [0.25, 0.3) is 16.7 Å². The van der Waals surface area contributed by atoms with E-state index in [4.69, 9.17) is 0 Å². The molecule has 3 aromatic rings. The number of hydrogen-bond acceptors (Lipinski definition) is 4. The quantitative estimate of drug-likeness (QED) is 0.736. The number of likely N-dealkylation sites (N-methyl/N-ethyl adjacent to an activating group) is 1. The molecule has 0 unspecified atom stereocenters. The Kier molecular flexibility index (Phi) is 3.57. The van der Waals surface area contributed by atoms with Crippen molar-refractivity contribution < 1.29 is 0 Å². The van der Waals surface area contributed by atoms with E-state index in [1.165, 1.54) is 11.1 Å². The van der Waals surface area contributed by atoms with Crippen LogP contribution in [0.1, 0.15) is 11.1 Å². The van der Waals surface area contributed by atoms with Crippen molar-refractivity contribution in [2.24, 2.45) is 0 Å². The molecule has 0 spiro atoms. The Bertz CT molecular complexity index is 952. The summed E-state index contributed by atoms with van der Waals surface area (Å²) in [5.41, 5.74) is 6.24. The molecule has 0 N–H and O–H groups in total. The minimum absolute atomic E-state index is 0.789. The molecule has 0 atom stereocenters. The zero-order valence-corrected chi connectivity index (χ0v) is 14.6. The molecular formula is C20H21N5. The Hall–Kier alpha value is -3.08. The summed E-state index contributed by atoms with van der Waals surface area (Å²) in [5, 5.41) is 9.18. The molecule has 5 nitrogen and oxygen atoms in total. The van der Waals surface area contributed by atoms with E-state index in [1.54, 1.807) is 4.80 Å². The molecule has 2 aromatic carbocycles. The molecule has 1 fully saturated rings. The Morgan fingerprint density at radius 3 is 2.32 bits per heavy atom. The van der Waals surface area contributed by atoms with Gasteiger partial charge in [-0.2, -0.15) is 4.80 Å². The molecular weight excluding hydrogens is 310 g/mol. The Labute approximate surface area is 147 Å². The number of aromatic nitrogens is 3. The van der Waals surface area contributed by atoms with Gasteiger partial charge >= 0.3 is 0 Å². The SMILES string of the molecule is C=C1CN(Cc2cc(C)cc(-n3nc4ccccc4n3)c2)C(=C)N1C. The number of rotatable bonds is 3. The van der Waals surface area contributed by atoms with Gasteiger partial charge < -0.3 is 9.80 Å². The number of nitrogens with zero attached hydrogens (tertiary/aromatic N) is 5. The molecule has 0 radical (unpaired) electrons. The van der Waals surface area contributed by atoms with Crippen LogP contribution in [0.15, 0.2) is 67.1 Å². The summed E-state index contributed by atoms with van der Waals surface area (Å²) in [6, 6.07) is 14.3. The largest absolute Gasteiger partial charge is 0.348 e. The second kappa shape index (κ2) is 5.77. The zero-order valence-electron chi connectivity index (χ0n) is 14.6. The maximum atomic E-state index is 4.59. The van der Waals surface area contributed by atoms with Crippen molar-refractivity contribution in [2.45, 2.75) is 13.5 Å². The van der Waals surface area contributed by atoms with Crippen LogP contribution in [0.5, 0.6) is 0 Å². The number of benzene rings is 2. The van der Waals surface area contributed by atoms with E-state index in [1.807, 2.05) is 36.2 Å². The molecule has 0 amide bonds. The van der Waals surface area contributed by atoms with Crippen LogP contribution >= 0.6 is 0 Å². The van der Waals surface area contributed by atoms with Gasteiger partial charge in [-0.3, -0.25) is 0 Å². The third-order valence-corrected chi connectivity index (χ3v) is 4.61. The molecule has 126 valence electrons. The van der Waals surface area contributed by atoms with E-state index >= 15 is 0 Å². The maximum Gasteiger partial charge on any atom is 0.113 e. The van der Waals surface area contributed by atoms with Gasteiger partial charge in [-0.15, -0.1) is 10.2 Å². The van der Waals surface area contributed by atoms with E-state index in [-0.39, 0.29) is 0 Å². The van der Waals surface area contributed by atoms with Gasteiger partial charge in [-0.25, -0.2) is 0 Å². The highest BCUT2D eigenvalue weighted by molar-refractivity contribution is 5.73. The fourth-order valence-corrected chi connectivity index (χ4v) is 3.20. The third kappa shape index (κ3) is 2.78. The van der Waals surface area contributed by atoms with Crippen LogP contribution in [-0.4, -0.2) is 38.4 Å². The molecule has 1 aromatic heterocycles. The van der Waals surface area contributed by atoms with Gasteiger partial charge in [0.25, 0.3) is 0 Å². The van der Waals surface area contributed by atoms with Gasteiger partial charge in [0.15, 0.2) is 0 Å². The van der Waals surface area contributed by atoms with E-state index in [0.717, 1.165) is 41.3 Å². The van der Waals surface area contributed by atoms with Crippen molar-refractivity contribution in [1.29, 1.82) is 0 Å².